The van der Waals surface area contributed by atoms with Crippen molar-refractivity contribution >= 4 is 11.9 Å². The first-order chi connectivity index (χ1) is 8.16. The summed E-state index contributed by atoms with van der Waals surface area (Å²) in [6, 6.07) is 4.21. The Morgan fingerprint density at radius 1 is 1.29 bits per heavy atom. The minimum atomic E-state index is -1.15. The van der Waals surface area contributed by atoms with Crippen molar-refractivity contribution in [2.45, 2.75) is 6.54 Å². The van der Waals surface area contributed by atoms with Gasteiger partial charge in [0.25, 0.3) is 5.91 Å². The summed E-state index contributed by atoms with van der Waals surface area (Å²) in [5, 5.41) is 14.5. The summed E-state index contributed by atoms with van der Waals surface area (Å²) in [6.45, 7) is 0.0762. The maximum atomic E-state index is 11.4. The topological polar surface area (TPSA) is 106 Å². The average molecular weight is 236 g/mol. The maximum Gasteiger partial charge on any atom is 0.371 e. The fourth-order valence-electron chi connectivity index (χ4n) is 1.18. The molecule has 0 atom stereocenters. The van der Waals surface area contributed by atoms with E-state index in [1.807, 2.05) is 0 Å². The number of carboxylic acids is 1. The lowest BCUT2D eigenvalue weighted by Gasteiger charge is -1.98. The molecular weight excluding hydrogens is 228 g/mol. The first-order valence-electron chi connectivity index (χ1n) is 4.67. The number of aromatic carboxylic acids is 1. The summed E-state index contributed by atoms with van der Waals surface area (Å²) in [7, 11) is 0. The van der Waals surface area contributed by atoms with Crippen LogP contribution >= 0.6 is 0 Å². The van der Waals surface area contributed by atoms with Crippen molar-refractivity contribution in [1.29, 1.82) is 0 Å². The first kappa shape index (κ1) is 10.9. The molecule has 0 unspecified atom stereocenters. The molecule has 0 saturated heterocycles. The standard InChI is InChI=1S/C10H8N2O5/c13-9(7-3-4-12-17-7)11-5-6-1-2-8(16-6)10(14)15/h1-4H,5H2,(H,11,13)(H,14,15). The summed E-state index contributed by atoms with van der Waals surface area (Å²) in [5.41, 5.74) is 0. The van der Waals surface area contributed by atoms with E-state index in [0.29, 0.717) is 5.76 Å². The fourth-order valence-corrected chi connectivity index (χ4v) is 1.18. The van der Waals surface area contributed by atoms with Gasteiger partial charge in [-0.1, -0.05) is 5.16 Å². The van der Waals surface area contributed by atoms with Gasteiger partial charge < -0.3 is 19.4 Å². The number of nitrogens with zero attached hydrogens (tertiary/aromatic N) is 1. The number of furan rings is 1. The van der Waals surface area contributed by atoms with Crippen LogP contribution in [0.5, 0.6) is 0 Å². The Morgan fingerprint density at radius 2 is 2.12 bits per heavy atom. The van der Waals surface area contributed by atoms with Crippen molar-refractivity contribution in [3.63, 3.8) is 0 Å². The lowest BCUT2D eigenvalue weighted by atomic mass is 10.4. The van der Waals surface area contributed by atoms with Crippen LogP contribution in [0.25, 0.3) is 0 Å². The highest BCUT2D eigenvalue weighted by Crippen LogP contribution is 2.07. The van der Waals surface area contributed by atoms with Gasteiger partial charge in [0.15, 0.2) is 0 Å². The van der Waals surface area contributed by atoms with E-state index >= 15 is 0 Å². The SMILES string of the molecule is O=C(O)c1ccc(CNC(=O)c2ccno2)o1. The van der Waals surface area contributed by atoms with Gasteiger partial charge in [-0.05, 0) is 12.1 Å². The Bertz CT molecular complexity index is 529. The van der Waals surface area contributed by atoms with Crippen molar-refractivity contribution in [3.05, 3.63) is 41.7 Å². The second-order valence-corrected chi connectivity index (χ2v) is 3.13. The molecule has 2 N–H and O–H groups in total. The van der Waals surface area contributed by atoms with Gasteiger partial charge in [-0.25, -0.2) is 4.79 Å². The Hall–Kier alpha value is -2.57. The van der Waals surface area contributed by atoms with Crippen molar-refractivity contribution in [2.24, 2.45) is 0 Å². The highest BCUT2D eigenvalue weighted by molar-refractivity contribution is 5.91. The number of amides is 1. The van der Waals surface area contributed by atoms with Crippen LogP contribution in [-0.4, -0.2) is 22.1 Å². The molecule has 2 rings (SSSR count). The maximum absolute atomic E-state index is 11.4. The Kier molecular flexibility index (Phi) is 2.91. The van der Waals surface area contributed by atoms with Crippen LogP contribution in [0.2, 0.25) is 0 Å². The zero-order chi connectivity index (χ0) is 12.3. The lowest BCUT2D eigenvalue weighted by molar-refractivity contribution is 0.0660. The van der Waals surface area contributed by atoms with Crippen LogP contribution in [0, 0.1) is 0 Å². The highest BCUT2D eigenvalue weighted by Gasteiger charge is 2.12. The van der Waals surface area contributed by atoms with Gasteiger partial charge in [-0.3, -0.25) is 4.79 Å². The summed E-state index contributed by atoms with van der Waals surface area (Å²) >= 11 is 0. The van der Waals surface area contributed by atoms with Gasteiger partial charge in [0, 0.05) is 6.07 Å². The molecule has 0 radical (unpaired) electrons. The lowest BCUT2D eigenvalue weighted by Crippen LogP contribution is -2.21. The van der Waals surface area contributed by atoms with Crippen molar-refractivity contribution < 1.29 is 23.6 Å². The van der Waals surface area contributed by atoms with Crippen LogP contribution in [0.1, 0.15) is 26.9 Å². The molecule has 2 aromatic heterocycles. The third-order valence-electron chi connectivity index (χ3n) is 1.96. The van der Waals surface area contributed by atoms with Crippen molar-refractivity contribution in [3.8, 4) is 0 Å². The molecular formula is C10H8N2O5. The summed E-state index contributed by atoms with van der Waals surface area (Å²) < 4.78 is 9.59. The molecule has 2 aromatic rings. The third kappa shape index (κ3) is 2.51. The molecule has 2 heterocycles. The van der Waals surface area contributed by atoms with Gasteiger partial charge >= 0.3 is 5.97 Å². The van der Waals surface area contributed by atoms with E-state index in [1.165, 1.54) is 24.4 Å². The van der Waals surface area contributed by atoms with Crippen molar-refractivity contribution in [1.82, 2.24) is 10.5 Å². The van der Waals surface area contributed by atoms with Crippen LogP contribution in [0.15, 0.2) is 33.3 Å². The van der Waals surface area contributed by atoms with Crippen LogP contribution in [0.3, 0.4) is 0 Å². The molecule has 0 spiro atoms. The second kappa shape index (κ2) is 4.52. The van der Waals surface area contributed by atoms with E-state index in [2.05, 4.69) is 15.0 Å². The summed E-state index contributed by atoms with van der Waals surface area (Å²) in [4.78, 5) is 22.0. The van der Waals surface area contributed by atoms with E-state index in [4.69, 9.17) is 9.52 Å². The van der Waals surface area contributed by atoms with Crippen LogP contribution < -0.4 is 5.32 Å². The van der Waals surface area contributed by atoms with Gasteiger partial charge in [0.05, 0.1) is 12.7 Å². The Balaban J connectivity index is 1.93. The predicted molar refractivity (Wildman–Crippen MR) is 53.3 cm³/mol. The quantitative estimate of drug-likeness (QED) is 0.816. The van der Waals surface area contributed by atoms with E-state index < -0.39 is 11.9 Å². The normalized spacial score (nSPS) is 10.1. The number of rotatable bonds is 4. The number of aromatic nitrogens is 1. The van der Waals surface area contributed by atoms with E-state index in [9.17, 15) is 9.59 Å². The molecule has 1 amide bonds. The molecule has 0 bridgehead atoms. The summed E-state index contributed by atoms with van der Waals surface area (Å²) in [6.07, 6.45) is 1.35. The molecule has 0 saturated carbocycles. The van der Waals surface area contributed by atoms with E-state index in [1.54, 1.807) is 0 Å². The zero-order valence-electron chi connectivity index (χ0n) is 8.54. The molecule has 88 valence electrons. The Labute approximate surface area is 95.0 Å². The molecule has 7 heteroatoms. The van der Waals surface area contributed by atoms with Gasteiger partial charge in [-0.15, -0.1) is 0 Å². The molecule has 0 aliphatic carbocycles. The summed E-state index contributed by atoms with van der Waals surface area (Å²) in [5.74, 6) is -1.35. The molecule has 0 aliphatic heterocycles. The monoisotopic (exact) mass is 236 g/mol. The fraction of sp³-hybridized carbons (Fsp3) is 0.100. The molecule has 7 nitrogen and oxygen atoms in total. The number of carbonyl (C=O) groups excluding carboxylic acids is 1. The van der Waals surface area contributed by atoms with E-state index in [-0.39, 0.29) is 18.1 Å². The average Bonchev–Trinajstić information content (AvgIpc) is 2.97. The van der Waals surface area contributed by atoms with Crippen LogP contribution in [-0.2, 0) is 6.54 Å². The number of hydrogen-bond donors (Lipinski definition) is 2. The first-order valence-corrected chi connectivity index (χ1v) is 4.67. The number of carbonyl (C=O) groups is 2. The third-order valence-corrected chi connectivity index (χ3v) is 1.96. The molecule has 0 fully saturated rings. The minimum absolute atomic E-state index is 0.0762. The predicted octanol–water partition coefficient (Wildman–Crippen LogP) is 0.896. The van der Waals surface area contributed by atoms with Gasteiger partial charge in [0.1, 0.15) is 5.76 Å². The largest absolute Gasteiger partial charge is 0.475 e. The number of hydrogen-bond acceptors (Lipinski definition) is 5. The number of nitrogens with one attached hydrogen (secondary N) is 1. The van der Waals surface area contributed by atoms with Gasteiger partial charge in [0.2, 0.25) is 11.5 Å². The zero-order valence-corrected chi connectivity index (χ0v) is 8.54. The minimum Gasteiger partial charge on any atom is -0.475 e. The Morgan fingerprint density at radius 3 is 2.71 bits per heavy atom. The van der Waals surface area contributed by atoms with E-state index in [0.717, 1.165) is 0 Å². The molecule has 0 aliphatic rings. The van der Waals surface area contributed by atoms with Gasteiger partial charge in [-0.2, -0.15) is 0 Å². The molecule has 0 aromatic carbocycles. The number of carboxylic acid groups (broad SMARTS) is 1. The van der Waals surface area contributed by atoms with Crippen molar-refractivity contribution in [2.75, 3.05) is 0 Å². The molecule has 17 heavy (non-hydrogen) atoms. The van der Waals surface area contributed by atoms with Crippen LogP contribution in [0.4, 0.5) is 0 Å². The second-order valence-electron chi connectivity index (χ2n) is 3.13. The highest BCUT2D eigenvalue weighted by atomic mass is 16.5. The smallest absolute Gasteiger partial charge is 0.371 e.